The lowest BCUT2D eigenvalue weighted by atomic mass is 10.0. The van der Waals surface area contributed by atoms with E-state index in [2.05, 4.69) is 75.3 Å². The van der Waals surface area contributed by atoms with Gasteiger partial charge in [0.25, 0.3) is 29.5 Å². The number of carbonyl (C=O) groups excluding carboxylic acids is 6. The SMILES string of the molecule is COC(=O)c1ccccc1OCC(=O)N1CCc2[nH]nc(-c3ccccc3)c2C1.N#Cc1ccc(OCC(=O)N2CCc3[nH]nc(-c4ccccc4)c3C2)cc1.N#Cc1cccc(OCC(=O)N2CCc3[nH]nc(-c4ccccc4)c3C2)c1.O=C(COc1ccc(-c2ccccc2)cc1)N1CCc2[nH]nc(-c3ccccc3)c2C1.O=C(COc1ccccc1-c1ccccc1)N1CCc2[nH]nc(-c3ccccc3)c2C1. The van der Waals surface area contributed by atoms with Crippen LogP contribution in [0.5, 0.6) is 28.7 Å². The second-order valence-electron chi connectivity index (χ2n) is 34.8. The summed E-state index contributed by atoms with van der Waals surface area (Å²) in [6.07, 6.45) is 3.73. The maximum absolute atomic E-state index is 13.0. The minimum absolute atomic E-state index is 0.0116. The summed E-state index contributed by atoms with van der Waals surface area (Å²) in [6, 6.07) is 110. The number of benzene rings is 12. The van der Waals surface area contributed by atoms with Gasteiger partial charge in [-0.05, 0) is 89.5 Å². The molecule has 0 atom stereocenters. The monoisotopic (exact) mass is 1930 g/mol. The molecule has 0 unspecified atom stereocenters. The first-order chi connectivity index (χ1) is 71.2. The highest BCUT2D eigenvalue weighted by Gasteiger charge is 2.33. The van der Waals surface area contributed by atoms with Gasteiger partial charge < -0.3 is 52.9 Å². The van der Waals surface area contributed by atoms with Crippen LogP contribution in [0.3, 0.4) is 0 Å². The maximum Gasteiger partial charge on any atom is 0.341 e. The molecule has 5 N–H and O–H groups in total. The van der Waals surface area contributed by atoms with Gasteiger partial charge in [0.1, 0.15) is 34.3 Å². The van der Waals surface area contributed by atoms with Crippen molar-refractivity contribution in [1.29, 1.82) is 10.5 Å². The highest BCUT2D eigenvalue weighted by atomic mass is 16.5. The van der Waals surface area contributed by atoms with Gasteiger partial charge in [0, 0.05) is 187 Å². The number of para-hydroxylation sites is 2. The summed E-state index contributed by atoms with van der Waals surface area (Å²) in [5.74, 6) is 2.02. The third-order valence-corrected chi connectivity index (χ3v) is 25.6. The van der Waals surface area contributed by atoms with Gasteiger partial charge in [-0.15, -0.1) is 0 Å². The Hall–Kier alpha value is -18.5. The number of ether oxygens (including phenoxy) is 6. The molecule has 0 spiro atoms. The van der Waals surface area contributed by atoms with Crippen LogP contribution < -0.4 is 23.7 Å². The van der Waals surface area contributed by atoms with E-state index in [0.717, 1.165) is 161 Å². The second kappa shape index (κ2) is 47.0. The fraction of sp³-hybridized carbons (Fsp3) is 0.181. The zero-order valence-corrected chi connectivity index (χ0v) is 79.7. The number of H-pyrrole nitrogens is 5. The standard InChI is InChI=1S/2C26H23N3O2.C22H21N3O4.2C21H18N4O2/c30-25(18-31-24-14-8-7-13-21(24)19-9-3-1-4-10-19)29-16-15-23-22(17-29)26(28-27-23)20-11-5-2-6-12-20;30-25(18-31-22-13-11-20(12-14-22)19-7-3-1-4-8-19)29-16-15-24-23(17-29)26(28-27-24)21-9-5-2-6-10-21;1-28-22(27)16-9-5-6-10-19(16)29-14-20(26)25-12-11-18-17(13-25)21(24-23-18)15-7-3-2-4-8-15;22-12-15-5-4-8-17(11-15)27-14-20(26)25-10-9-19-18(13-25)21(24-23-19)16-6-2-1-3-7-16;22-12-15-6-8-17(9-7-15)27-14-20(26)25-11-10-19-18(13-25)21(24-23-19)16-4-2-1-3-5-16/h2*1-14H,15-18H2,(H,27,28);2-10H,11-14H2,1H3,(H,23,24);1-8,11H,9-10,13-14H2,(H,23,24);1-9H,10-11,13-14H2,(H,23,24). The average molecular weight is 1930 g/mol. The quantitative estimate of drug-likeness (QED) is 0.0371. The van der Waals surface area contributed by atoms with E-state index in [1.807, 2.05) is 259 Å². The van der Waals surface area contributed by atoms with Crippen molar-refractivity contribution >= 4 is 35.5 Å². The Balaban J connectivity index is 0.000000119. The third kappa shape index (κ3) is 24.0. The zero-order valence-electron chi connectivity index (χ0n) is 79.7. The van der Waals surface area contributed by atoms with Crippen molar-refractivity contribution < 1.29 is 57.2 Å². The molecule has 145 heavy (non-hydrogen) atoms. The summed E-state index contributed by atoms with van der Waals surface area (Å²) in [6.45, 7) is 5.57. The van der Waals surface area contributed by atoms with Crippen LogP contribution in [0.15, 0.2) is 334 Å². The Kier molecular flexibility index (Phi) is 31.3. The van der Waals surface area contributed by atoms with E-state index in [1.54, 1.807) is 87.5 Å². The van der Waals surface area contributed by atoms with Gasteiger partial charge in [-0.25, -0.2) is 4.79 Å². The molecule has 12 aromatic carbocycles. The van der Waals surface area contributed by atoms with Crippen LogP contribution in [0.2, 0.25) is 0 Å². The summed E-state index contributed by atoms with van der Waals surface area (Å²) >= 11 is 0. The number of rotatable bonds is 23. The number of fused-ring (bicyclic) bond motifs is 5. The van der Waals surface area contributed by atoms with Crippen molar-refractivity contribution in [2.45, 2.75) is 64.8 Å². The van der Waals surface area contributed by atoms with Crippen LogP contribution >= 0.6 is 0 Å². The minimum Gasteiger partial charge on any atom is -0.484 e. The molecular formula is C116H103N17O12. The first kappa shape index (κ1) is 96.7. The molecule has 10 heterocycles. The summed E-state index contributed by atoms with van der Waals surface area (Å²) in [4.78, 5) is 84.6. The Bertz CT molecular complexity index is 7420. The van der Waals surface area contributed by atoms with Crippen LogP contribution in [0, 0.1) is 22.7 Å². The van der Waals surface area contributed by atoms with Crippen LogP contribution in [0.4, 0.5) is 0 Å². The molecule has 0 bridgehead atoms. The molecule has 724 valence electrons. The minimum atomic E-state index is -0.499. The Morgan fingerprint density at radius 3 is 0.890 bits per heavy atom. The number of methoxy groups -OCH3 is 1. The number of hydrogen-bond acceptors (Lipinski definition) is 19. The smallest absolute Gasteiger partial charge is 0.341 e. The van der Waals surface area contributed by atoms with Gasteiger partial charge in [-0.2, -0.15) is 36.0 Å². The van der Waals surface area contributed by atoms with E-state index in [-0.39, 0.29) is 62.6 Å². The van der Waals surface area contributed by atoms with E-state index in [9.17, 15) is 28.8 Å². The van der Waals surface area contributed by atoms with Gasteiger partial charge in [-0.3, -0.25) is 49.5 Å². The molecule has 5 aliphatic rings. The third-order valence-electron chi connectivity index (χ3n) is 25.6. The van der Waals surface area contributed by atoms with Crippen LogP contribution in [0.1, 0.15) is 77.8 Å². The van der Waals surface area contributed by atoms with Gasteiger partial charge in [0.05, 0.1) is 58.8 Å². The molecule has 29 heteroatoms. The molecule has 22 rings (SSSR count). The zero-order chi connectivity index (χ0) is 99.6. The molecule has 5 aromatic heterocycles. The normalized spacial score (nSPS) is 12.9. The largest absolute Gasteiger partial charge is 0.484 e. The topological polar surface area (TPSA) is 365 Å². The number of amides is 5. The Morgan fingerprint density at radius 1 is 0.276 bits per heavy atom. The van der Waals surface area contributed by atoms with E-state index >= 15 is 0 Å². The number of esters is 1. The van der Waals surface area contributed by atoms with Crippen LogP contribution in [-0.2, 0) is 93.5 Å². The first-order valence-corrected chi connectivity index (χ1v) is 47.8. The van der Waals surface area contributed by atoms with Gasteiger partial charge in [0.2, 0.25) is 0 Å². The number of nitriles is 2. The van der Waals surface area contributed by atoms with Crippen LogP contribution in [-0.4, -0.2) is 184 Å². The molecule has 0 fully saturated rings. The first-order valence-electron chi connectivity index (χ1n) is 47.8. The summed E-state index contributed by atoms with van der Waals surface area (Å²) in [5, 5.41) is 55.7. The van der Waals surface area contributed by atoms with Crippen molar-refractivity contribution in [3.05, 3.63) is 407 Å². The molecule has 0 saturated carbocycles. The van der Waals surface area contributed by atoms with Crippen molar-refractivity contribution in [2.24, 2.45) is 0 Å². The molecular weight excluding hydrogens is 1820 g/mol. The second-order valence-corrected chi connectivity index (χ2v) is 34.8. The number of nitrogens with one attached hydrogen (secondary N) is 5. The maximum atomic E-state index is 13.0. The summed E-state index contributed by atoms with van der Waals surface area (Å²) in [5.41, 5.74) is 26.2. The molecule has 0 radical (unpaired) electrons. The fourth-order valence-electron chi connectivity index (χ4n) is 17.9. The van der Waals surface area contributed by atoms with E-state index in [4.69, 9.17) is 38.9 Å². The predicted molar refractivity (Wildman–Crippen MR) is 547 cm³/mol. The molecule has 17 aromatic rings. The molecule has 5 amide bonds. The number of carbonyl (C=O) groups is 6. The van der Waals surface area contributed by atoms with E-state index in [1.165, 1.54) is 7.11 Å². The molecule has 5 aliphatic heterocycles. The average Bonchev–Trinajstić information content (AvgIpc) is 1.67. The van der Waals surface area contributed by atoms with Crippen molar-refractivity contribution in [3.63, 3.8) is 0 Å². The highest BCUT2D eigenvalue weighted by molar-refractivity contribution is 5.93. The van der Waals surface area contributed by atoms with Crippen molar-refractivity contribution in [1.82, 2.24) is 75.5 Å². The number of hydrogen-bond donors (Lipinski definition) is 5. The Morgan fingerprint density at radius 2 is 0.552 bits per heavy atom. The molecule has 0 saturated heterocycles. The fourth-order valence-corrected chi connectivity index (χ4v) is 17.9. The lowest BCUT2D eigenvalue weighted by molar-refractivity contribution is -0.135. The van der Waals surface area contributed by atoms with Crippen molar-refractivity contribution in [3.8, 4) is 119 Å². The predicted octanol–water partition coefficient (Wildman–Crippen LogP) is 18.1. The van der Waals surface area contributed by atoms with Gasteiger partial charge in [0.15, 0.2) is 33.0 Å². The molecule has 29 nitrogen and oxygen atoms in total. The van der Waals surface area contributed by atoms with Crippen LogP contribution in [0.25, 0.3) is 78.5 Å². The summed E-state index contributed by atoms with van der Waals surface area (Å²) < 4.78 is 33.3. The lowest BCUT2D eigenvalue weighted by Gasteiger charge is -2.27. The molecule has 0 aliphatic carbocycles. The van der Waals surface area contributed by atoms with Gasteiger partial charge in [-0.1, -0.05) is 261 Å². The van der Waals surface area contributed by atoms with E-state index < -0.39 is 5.97 Å². The Labute approximate surface area is 837 Å². The summed E-state index contributed by atoms with van der Waals surface area (Å²) in [7, 11) is 1.31. The number of nitrogens with zero attached hydrogens (tertiary/aromatic N) is 12. The van der Waals surface area contributed by atoms with Crippen molar-refractivity contribution in [2.75, 3.05) is 72.9 Å². The lowest BCUT2D eigenvalue weighted by Crippen LogP contribution is -2.38. The number of aromatic nitrogens is 10. The van der Waals surface area contributed by atoms with E-state index in [0.29, 0.717) is 117 Å². The van der Waals surface area contributed by atoms with Gasteiger partial charge >= 0.3 is 5.97 Å². The number of aromatic amines is 5. The highest BCUT2D eigenvalue weighted by Crippen LogP contribution is 2.37.